The van der Waals surface area contributed by atoms with Crippen molar-refractivity contribution >= 4 is 0 Å². The number of ether oxygens (including phenoxy) is 1. The summed E-state index contributed by atoms with van der Waals surface area (Å²) in [6.45, 7) is 3.08. The summed E-state index contributed by atoms with van der Waals surface area (Å²) in [4.78, 5) is 2.38. The quantitative estimate of drug-likeness (QED) is 0.794. The van der Waals surface area contributed by atoms with E-state index in [0.29, 0.717) is 17.4 Å². The molecule has 2 N–H and O–H groups in total. The largest absolute Gasteiger partial charge is 0.381 e. The summed E-state index contributed by atoms with van der Waals surface area (Å²) >= 11 is 0. The van der Waals surface area contributed by atoms with Gasteiger partial charge in [0.25, 0.3) is 0 Å². The fraction of sp³-hybridized carbons (Fsp3) is 0.850. The molecule has 142 valence electrons. The Labute approximate surface area is 152 Å². The second-order valence-electron chi connectivity index (χ2n) is 8.36. The van der Waals surface area contributed by atoms with Crippen LogP contribution in [-0.4, -0.2) is 55.5 Å². The molecule has 5 nitrogen and oxygen atoms in total. The van der Waals surface area contributed by atoms with E-state index in [9.17, 15) is 0 Å². The minimum atomic E-state index is 0.510. The van der Waals surface area contributed by atoms with Crippen molar-refractivity contribution in [2.75, 3.05) is 34.3 Å². The predicted molar refractivity (Wildman–Crippen MR) is 102 cm³/mol. The Morgan fingerprint density at radius 2 is 1.92 bits per heavy atom. The van der Waals surface area contributed by atoms with E-state index in [1.54, 1.807) is 0 Å². The number of nitrogens with one attached hydrogen (secondary N) is 2. The SMILES string of the molecule is CNCCN(C)Cc1cn[nH]c1C1CCC2(CCC(OC)CC2)CC1. The molecule has 1 spiro atoms. The maximum absolute atomic E-state index is 5.56. The Hall–Kier alpha value is -0.910. The van der Waals surface area contributed by atoms with Crippen molar-refractivity contribution in [1.82, 2.24) is 20.4 Å². The second kappa shape index (κ2) is 8.65. The summed E-state index contributed by atoms with van der Waals surface area (Å²) in [5.74, 6) is 0.668. The Morgan fingerprint density at radius 3 is 2.56 bits per heavy atom. The molecule has 2 fully saturated rings. The van der Waals surface area contributed by atoms with Crippen LogP contribution in [0.4, 0.5) is 0 Å². The fourth-order valence-electron chi connectivity index (χ4n) is 4.93. The van der Waals surface area contributed by atoms with Crippen molar-refractivity contribution in [3.63, 3.8) is 0 Å². The third-order valence-corrected chi connectivity index (χ3v) is 6.72. The lowest BCUT2D eigenvalue weighted by atomic mass is 9.62. The van der Waals surface area contributed by atoms with Gasteiger partial charge in [-0.1, -0.05) is 0 Å². The molecule has 0 aromatic carbocycles. The van der Waals surface area contributed by atoms with Gasteiger partial charge in [0, 0.05) is 43.9 Å². The Balaban J connectivity index is 1.54. The van der Waals surface area contributed by atoms with E-state index in [4.69, 9.17) is 4.74 Å². The van der Waals surface area contributed by atoms with Gasteiger partial charge < -0.3 is 15.0 Å². The smallest absolute Gasteiger partial charge is 0.0571 e. The van der Waals surface area contributed by atoms with Crippen LogP contribution in [0, 0.1) is 5.41 Å². The number of methoxy groups -OCH3 is 1. The molecular formula is C20H36N4O. The van der Waals surface area contributed by atoms with Gasteiger partial charge in [0.15, 0.2) is 0 Å². The van der Waals surface area contributed by atoms with Crippen LogP contribution < -0.4 is 5.32 Å². The molecule has 0 radical (unpaired) electrons. The molecule has 2 aliphatic carbocycles. The van der Waals surface area contributed by atoms with Crippen molar-refractivity contribution < 1.29 is 4.74 Å². The number of likely N-dealkylation sites (N-methyl/N-ethyl adjacent to an activating group) is 2. The molecule has 0 saturated heterocycles. The van der Waals surface area contributed by atoms with Gasteiger partial charge in [-0.2, -0.15) is 5.10 Å². The monoisotopic (exact) mass is 348 g/mol. The molecule has 5 heteroatoms. The Morgan fingerprint density at radius 1 is 1.24 bits per heavy atom. The van der Waals surface area contributed by atoms with Crippen molar-refractivity contribution in [3.05, 3.63) is 17.5 Å². The first kappa shape index (κ1) is 18.9. The van der Waals surface area contributed by atoms with Crippen molar-refractivity contribution in [3.8, 4) is 0 Å². The molecule has 1 aromatic rings. The van der Waals surface area contributed by atoms with Crippen LogP contribution in [0.3, 0.4) is 0 Å². The van der Waals surface area contributed by atoms with Gasteiger partial charge in [0.1, 0.15) is 0 Å². The first-order valence-electron chi connectivity index (χ1n) is 10.0. The molecule has 1 heterocycles. The van der Waals surface area contributed by atoms with Gasteiger partial charge >= 0.3 is 0 Å². The Bertz CT molecular complexity index is 512. The highest BCUT2D eigenvalue weighted by atomic mass is 16.5. The van der Waals surface area contributed by atoms with E-state index in [1.165, 1.54) is 62.6 Å². The highest BCUT2D eigenvalue weighted by Gasteiger charge is 2.39. The van der Waals surface area contributed by atoms with E-state index in [-0.39, 0.29) is 0 Å². The van der Waals surface area contributed by atoms with Gasteiger partial charge in [0.05, 0.1) is 12.3 Å². The van der Waals surface area contributed by atoms with Crippen molar-refractivity contribution in [2.24, 2.45) is 5.41 Å². The van der Waals surface area contributed by atoms with E-state index >= 15 is 0 Å². The summed E-state index contributed by atoms with van der Waals surface area (Å²) in [5.41, 5.74) is 3.40. The van der Waals surface area contributed by atoms with Crippen LogP contribution in [0.1, 0.15) is 68.5 Å². The number of rotatable bonds is 7. The fourth-order valence-corrected chi connectivity index (χ4v) is 4.93. The minimum Gasteiger partial charge on any atom is -0.381 e. The lowest BCUT2D eigenvalue weighted by molar-refractivity contribution is 0.00892. The van der Waals surface area contributed by atoms with Gasteiger partial charge in [0.2, 0.25) is 0 Å². The molecule has 0 aliphatic heterocycles. The molecule has 3 rings (SSSR count). The average molecular weight is 349 g/mol. The van der Waals surface area contributed by atoms with Crippen LogP contribution in [0.25, 0.3) is 0 Å². The molecule has 2 saturated carbocycles. The maximum Gasteiger partial charge on any atom is 0.0571 e. The van der Waals surface area contributed by atoms with Crippen LogP contribution in [0.2, 0.25) is 0 Å². The van der Waals surface area contributed by atoms with Crippen molar-refractivity contribution in [1.29, 1.82) is 0 Å². The predicted octanol–water partition coefficient (Wildman–Crippen LogP) is 3.29. The number of H-pyrrole nitrogens is 1. The topological polar surface area (TPSA) is 53.2 Å². The molecule has 0 unspecified atom stereocenters. The van der Waals surface area contributed by atoms with Crippen LogP contribution >= 0.6 is 0 Å². The lowest BCUT2D eigenvalue weighted by Crippen LogP contribution is -2.34. The third kappa shape index (κ3) is 4.63. The Kier molecular flexibility index (Phi) is 6.53. The summed E-state index contributed by atoms with van der Waals surface area (Å²) in [7, 11) is 6.07. The normalized spacial score (nSPS) is 30.2. The zero-order chi connectivity index (χ0) is 17.7. The van der Waals surface area contributed by atoms with Gasteiger partial charge in [-0.15, -0.1) is 0 Å². The lowest BCUT2D eigenvalue weighted by Gasteiger charge is -2.44. The first-order valence-corrected chi connectivity index (χ1v) is 10.0. The molecule has 25 heavy (non-hydrogen) atoms. The number of aromatic nitrogens is 2. The third-order valence-electron chi connectivity index (χ3n) is 6.72. The van der Waals surface area contributed by atoms with E-state index in [2.05, 4.69) is 27.5 Å². The van der Waals surface area contributed by atoms with Crippen LogP contribution in [-0.2, 0) is 11.3 Å². The van der Waals surface area contributed by atoms with Crippen LogP contribution in [0.15, 0.2) is 6.20 Å². The van der Waals surface area contributed by atoms with Crippen LogP contribution in [0.5, 0.6) is 0 Å². The standard InChI is InChI=1S/C20H36N4O/c1-21-12-13-24(2)15-17-14-22-23-19(17)16-4-8-20(9-5-16)10-6-18(25-3)7-11-20/h14,16,18,21H,4-13,15H2,1-3H3,(H,22,23). The van der Waals surface area contributed by atoms with E-state index in [1.807, 2.05) is 20.4 Å². The molecule has 1 aromatic heterocycles. The first-order chi connectivity index (χ1) is 12.2. The number of hydrogen-bond acceptors (Lipinski definition) is 4. The second-order valence-corrected chi connectivity index (χ2v) is 8.36. The minimum absolute atomic E-state index is 0.510. The summed E-state index contributed by atoms with van der Waals surface area (Å²) in [6, 6.07) is 0. The van der Waals surface area contributed by atoms with Gasteiger partial charge in [-0.25, -0.2) is 0 Å². The van der Waals surface area contributed by atoms with Gasteiger partial charge in [-0.05, 0) is 70.9 Å². The number of aromatic amines is 1. The highest BCUT2D eigenvalue weighted by molar-refractivity contribution is 5.21. The van der Waals surface area contributed by atoms with E-state index in [0.717, 1.165) is 19.6 Å². The molecule has 0 bridgehead atoms. The highest BCUT2D eigenvalue weighted by Crippen LogP contribution is 2.51. The average Bonchev–Trinajstić information content (AvgIpc) is 3.09. The molecule has 0 amide bonds. The molecular weight excluding hydrogens is 312 g/mol. The number of hydrogen-bond donors (Lipinski definition) is 2. The summed E-state index contributed by atoms with van der Waals surface area (Å²) < 4.78 is 5.56. The molecule has 0 atom stereocenters. The summed E-state index contributed by atoms with van der Waals surface area (Å²) in [5, 5.41) is 10.9. The van der Waals surface area contributed by atoms with E-state index < -0.39 is 0 Å². The molecule has 2 aliphatic rings. The maximum atomic E-state index is 5.56. The van der Waals surface area contributed by atoms with Gasteiger partial charge in [-0.3, -0.25) is 5.10 Å². The number of nitrogens with zero attached hydrogens (tertiary/aromatic N) is 2. The van der Waals surface area contributed by atoms with Crippen molar-refractivity contribution in [2.45, 2.75) is 69.9 Å². The zero-order valence-electron chi connectivity index (χ0n) is 16.3. The zero-order valence-corrected chi connectivity index (χ0v) is 16.3. The summed E-state index contributed by atoms with van der Waals surface area (Å²) in [6.07, 6.45) is 13.2.